The van der Waals surface area contributed by atoms with Crippen LogP contribution < -0.4 is 16.0 Å². The molecule has 4 N–H and O–H groups in total. The molecule has 2 heterocycles. The molecule has 0 unspecified atom stereocenters. The van der Waals surface area contributed by atoms with Crippen molar-refractivity contribution in [1.29, 1.82) is 0 Å². The van der Waals surface area contributed by atoms with Crippen molar-refractivity contribution in [3.63, 3.8) is 0 Å². The van der Waals surface area contributed by atoms with Gasteiger partial charge in [-0.3, -0.25) is 0 Å². The van der Waals surface area contributed by atoms with Crippen LogP contribution in [0.3, 0.4) is 0 Å². The van der Waals surface area contributed by atoms with Crippen LogP contribution in [0.2, 0.25) is 0 Å². The second-order valence-corrected chi connectivity index (χ2v) is 4.72. The summed E-state index contributed by atoms with van der Waals surface area (Å²) in [6, 6.07) is 0. The van der Waals surface area contributed by atoms with Crippen molar-refractivity contribution in [2.45, 2.75) is 32.1 Å². The van der Waals surface area contributed by atoms with Crippen LogP contribution in [-0.4, -0.2) is 46.3 Å². The van der Waals surface area contributed by atoms with Gasteiger partial charge < -0.3 is 21.1 Å². The predicted octanol–water partition coefficient (Wildman–Crippen LogP) is 0.628. The third kappa shape index (κ3) is 4.20. The Morgan fingerprint density at radius 3 is 2.63 bits per heavy atom. The summed E-state index contributed by atoms with van der Waals surface area (Å²) < 4.78 is 0. The van der Waals surface area contributed by atoms with E-state index in [4.69, 9.17) is 10.8 Å². The summed E-state index contributed by atoms with van der Waals surface area (Å²) in [6.45, 7) is 3.00. The summed E-state index contributed by atoms with van der Waals surface area (Å²) in [5, 5.41) is 11.9. The Bertz CT molecular complexity index is 394. The van der Waals surface area contributed by atoms with Crippen molar-refractivity contribution in [3.05, 3.63) is 0 Å². The number of nitrogens with one attached hydrogen (secondary N) is 1. The highest BCUT2D eigenvalue weighted by Gasteiger charge is 2.16. The summed E-state index contributed by atoms with van der Waals surface area (Å²) in [7, 11) is 0. The minimum absolute atomic E-state index is 0.248. The fourth-order valence-corrected chi connectivity index (χ4v) is 2.13. The Kier molecular flexibility index (Phi) is 5.14. The monoisotopic (exact) mass is 266 g/mol. The Morgan fingerprint density at radius 2 is 1.89 bits per heavy atom. The zero-order valence-electron chi connectivity index (χ0n) is 11.2. The molecular weight excluding hydrogens is 244 g/mol. The highest BCUT2D eigenvalue weighted by Crippen LogP contribution is 2.17. The maximum atomic E-state index is 8.70. The number of nitrogens with two attached hydrogens (primary N) is 1. The van der Waals surface area contributed by atoms with E-state index >= 15 is 0 Å². The first-order chi connectivity index (χ1) is 9.29. The first kappa shape index (κ1) is 13.8. The lowest BCUT2D eigenvalue weighted by Crippen LogP contribution is -2.22. The molecule has 0 aliphatic carbocycles. The van der Waals surface area contributed by atoms with Crippen molar-refractivity contribution >= 4 is 17.8 Å². The number of aromatic nitrogens is 3. The molecule has 1 aromatic heterocycles. The highest BCUT2D eigenvalue weighted by molar-refractivity contribution is 5.42. The van der Waals surface area contributed by atoms with Crippen LogP contribution in [0.15, 0.2) is 0 Å². The molecule has 1 fully saturated rings. The van der Waals surface area contributed by atoms with E-state index < -0.39 is 0 Å². The average molecular weight is 266 g/mol. The van der Waals surface area contributed by atoms with Gasteiger partial charge in [-0.15, -0.1) is 0 Å². The third-order valence-corrected chi connectivity index (χ3v) is 3.15. The van der Waals surface area contributed by atoms with Crippen molar-refractivity contribution in [1.82, 2.24) is 15.0 Å². The average Bonchev–Trinajstić information content (AvgIpc) is 2.92. The molecule has 0 atom stereocenters. The Labute approximate surface area is 113 Å². The second-order valence-electron chi connectivity index (χ2n) is 4.72. The molecule has 106 valence electrons. The fraction of sp³-hybridized carbons (Fsp3) is 0.750. The maximum absolute atomic E-state index is 8.70. The van der Waals surface area contributed by atoms with Gasteiger partial charge in [0.25, 0.3) is 0 Å². The largest absolute Gasteiger partial charge is 0.396 e. The van der Waals surface area contributed by atoms with E-state index in [1.54, 1.807) is 0 Å². The van der Waals surface area contributed by atoms with Gasteiger partial charge in [-0.25, -0.2) is 0 Å². The molecule has 0 radical (unpaired) electrons. The van der Waals surface area contributed by atoms with Crippen LogP contribution in [0.1, 0.15) is 32.1 Å². The van der Waals surface area contributed by atoms with Crippen LogP contribution >= 0.6 is 0 Å². The molecule has 0 bridgehead atoms. The smallest absolute Gasteiger partial charge is 0.231 e. The van der Waals surface area contributed by atoms with E-state index in [9.17, 15) is 0 Å². The summed E-state index contributed by atoms with van der Waals surface area (Å²) in [4.78, 5) is 14.8. The van der Waals surface area contributed by atoms with Gasteiger partial charge in [0.05, 0.1) is 0 Å². The molecular formula is C12H22N6O. The van der Waals surface area contributed by atoms with Gasteiger partial charge in [0.1, 0.15) is 0 Å². The lowest BCUT2D eigenvalue weighted by atomic mass is 10.2. The highest BCUT2D eigenvalue weighted by atomic mass is 16.2. The van der Waals surface area contributed by atoms with Crippen molar-refractivity contribution < 1.29 is 5.11 Å². The van der Waals surface area contributed by atoms with Crippen LogP contribution in [0.25, 0.3) is 0 Å². The topological polar surface area (TPSA) is 100 Å². The fourth-order valence-electron chi connectivity index (χ4n) is 2.13. The van der Waals surface area contributed by atoms with Crippen LogP contribution in [-0.2, 0) is 0 Å². The predicted molar refractivity (Wildman–Crippen MR) is 75.1 cm³/mol. The first-order valence-electron chi connectivity index (χ1n) is 6.91. The number of hydrogen-bond acceptors (Lipinski definition) is 7. The third-order valence-electron chi connectivity index (χ3n) is 3.15. The van der Waals surface area contributed by atoms with E-state index in [1.165, 1.54) is 12.8 Å². The van der Waals surface area contributed by atoms with E-state index in [2.05, 4.69) is 25.2 Å². The Balaban J connectivity index is 1.89. The SMILES string of the molecule is Nc1nc(NCCCCCO)nc(N2CCCC2)n1. The second kappa shape index (κ2) is 7.08. The molecule has 0 aromatic carbocycles. The zero-order valence-corrected chi connectivity index (χ0v) is 11.2. The standard InChI is InChI=1S/C12H22N6O/c13-10-15-11(14-6-2-1-5-9-19)17-12(16-10)18-7-3-4-8-18/h19H,1-9H2,(H3,13,14,15,16,17). The minimum atomic E-state index is 0.248. The minimum Gasteiger partial charge on any atom is -0.396 e. The zero-order chi connectivity index (χ0) is 13.5. The number of aliphatic hydroxyl groups is 1. The molecule has 2 rings (SSSR count). The van der Waals surface area contributed by atoms with E-state index in [1.807, 2.05) is 0 Å². The van der Waals surface area contributed by atoms with Crippen LogP contribution in [0.5, 0.6) is 0 Å². The van der Waals surface area contributed by atoms with Gasteiger partial charge >= 0.3 is 0 Å². The molecule has 19 heavy (non-hydrogen) atoms. The number of rotatable bonds is 7. The van der Waals surface area contributed by atoms with Gasteiger partial charge in [0.15, 0.2) is 0 Å². The maximum Gasteiger partial charge on any atom is 0.231 e. The van der Waals surface area contributed by atoms with Crippen LogP contribution in [0, 0.1) is 0 Å². The lowest BCUT2D eigenvalue weighted by molar-refractivity contribution is 0.283. The number of nitrogen functional groups attached to an aromatic ring is 1. The molecule has 1 aliphatic heterocycles. The molecule has 7 nitrogen and oxygen atoms in total. The summed E-state index contributed by atoms with van der Waals surface area (Å²) in [6.07, 6.45) is 5.15. The number of aliphatic hydroxyl groups excluding tert-OH is 1. The molecule has 0 spiro atoms. The molecule has 1 aliphatic rings. The van der Waals surface area contributed by atoms with E-state index in [0.717, 1.165) is 38.9 Å². The van der Waals surface area contributed by atoms with Gasteiger partial charge in [-0.2, -0.15) is 15.0 Å². The van der Waals surface area contributed by atoms with E-state index in [0.29, 0.717) is 11.9 Å². The van der Waals surface area contributed by atoms with Gasteiger partial charge in [-0.1, -0.05) is 0 Å². The van der Waals surface area contributed by atoms with Gasteiger partial charge in [0.2, 0.25) is 17.8 Å². The molecule has 1 aromatic rings. The Hall–Kier alpha value is -1.63. The lowest BCUT2D eigenvalue weighted by Gasteiger charge is -2.16. The summed E-state index contributed by atoms with van der Waals surface area (Å²) >= 11 is 0. The normalized spacial score (nSPS) is 14.9. The summed E-state index contributed by atoms with van der Waals surface area (Å²) in [5.74, 6) is 1.47. The van der Waals surface area contributed by atoms with Crippen molar-refractivity contribution in [2.75, 3.05) is 42.2 Å². The number of hydrogen-bond donors (Lipinski definition) is 3. The number of nitrogens with zero attached hydrogens (tertiary/aromatic N) is 4. The quantitative estimate of drug-likeness (QED) is 0.622. The first-order valence-corrected chi connectivity index (χ1v) is 6.91. The molecule has 7 heteroatoms. The van der Waals surface area contributed by atoms with Crippen molar-refractivity contribution in [3.8, 4) is 0 Å². The van der Waals surface area contributed by atoms with Gasteiger partial charge in [-0.05, 0) is 32.1 Å². The van der Waals surface area contributed by atoms with Crippen LogP contribution in [0.4, 0.5) is 17.8 Å². The van der Waals surface area contributed by atoms with Crippen molar-refractivity contribution in [2.24, 2.45) is 0 Å². The van der Waals surface area contributed by atoms with E-state index in [-0.39, 0.29) is 12.6 Å². The number of unbranched alkanes of at least 4 members (excludes halogenated alkanes) is 2. The molecule has 0 saturated carbocycles. The van der Waals surface area contributed by atoms with Gasteiger partial charge in [0, 0.05) is 26.2 Å². The molecule has 0 amide bonds. The molecule has 1 saturated heterocycles. The summed E-state index contributed by atoms with van der Waals surface area (Å²) in [5.41, 5.74) is 5.72. The number of anilines is 3. The Morgan fingerprint density at radius 1 is 1.11 bits per heavy atom.